The van der Waals surface area contributed by atoms with Crippen molar-refractivity contribution in [2.75, 3.05) is 0 Å². The van der Waals surface area contributed by atoms with Gasteiger partial charge in [0.25, 0.3) is 0 Å². The summed E-state index contributed by atoms with van der Waals surface area (Å²) >= 11 is 4.23. The van der Waals surface area contributed by atoms with E-state index in [1.807, 2.05) is 0 Å². The smallest absolute Gasteiger partial charge is 0.167 e. The third-order valence-corrected chi connectivity index (χ3v) is 2.11. The van der Waals surface area contributed by atoms with Crippen molar-refractivity contribution in [3.05, 3.63) is 23.1 Å². The van der Waals surface area contributed by atoms with Crippen LogP contribution in [-0.2, 0) is 0 Å². The summed E-state index contributed by atoms with van der Waals surface area (Å²) in [6, 6.07) is 0. The van der Waals surface area contributed by atoms with Crippen LogP contribution in [0.2, 0.25) is 0 Å². The molecule has 2 aliphatic heterocycles. The molecule has 2 rings (SSSR count). The minimum absolute atomic E-state index is 0.602. The molecule has 5 nitrogen and oxygen atoms in total. The molecule has 0 bridgehead atoms. The zero-order valence-electron chi connectivity index (χ0n) is 7.05. The van der Waals surface area contributed by atoms with Gasteiger partial charge in [-0.05, 0) is 13.0 Å². The number of nitrogens with zero attached hydrogens (tertiary/aromatic N) is 3. The number of allylic oxidation sites excluding steroid dienone is 1. The largest absolute Gasteiger partial charge is 0.372 e. The van der Waals surface area contributed by atoms with Gasteiger partial charge in [0.05, 0.1) is 11.2 Å². The summed E-state index contributed by atoms with van der Waals surface area (Å²) in [6.07, 6.45) is 4.54. The number of aliphatic hydroxyl groups excluding tert-OH is 1. The van der Waals surface area contributed by atoms with E-state index in [1.54, 1.807) is 35.4 Å². The molecule has 2 aliphatic rings. The lowest BCUT2D eigenvalue weighted by Gasteiger charge is -2.25. The van der Waals surface area contributed by atoms with E-state index in [9.17, 15) is 5.11 Å². The topological polar surface area (TPSA) is 51.1 Å². The van der Waals surface area contributed by atoms with Gasteiger partial charge in [-0.15, -0.1) is 18.2 Å². The maximum absolute atomic E-state index is 9.28. The number of aliphatic imine (C=N–C) groups is 1. The summed E-state index contributed by atoms with van der Waals surface area (Å²) in [4.78, 5) is 4.10. The Morgan fingerprint density at radius 3 is 3.08 bits per heavy atom. The summed E-state index contributed by atoms with van der Waals surface area (Å²) in [5.74, 6) is 0.716. The molecule has 70 valence electrons. The van der Waals surface area contributed by atoms with Gasteiger partial charge < -0.3 is 5.11 Å². The van der Waals surface area contributed by atoms with Gasteiger partial charge in [-0.25, -0.2) is 10.0 Å². The molecule has 0 saturated carbocycles. The summed E-state index contributed by atoms with van der Waals surface area (Å²) in [6.45, 7) is 1.66. The SMILES string of the molecule is CC(O)N1C=C2N=CC=C(S)N2N1. The van der Waals surface area contributed by atoms with Crippen molar-refractivity contribution >= 4 is 18.8 Å². The number of fused-ring (bicyclic) bond motifs is 1. The monoisotopic (exact) mass is 198 g/mol. The molecule has 0 fully saturated rings. The highest BCUT2D eigenvalue weighted by molar-refractivity contribution is 7.84. The molecule has 2 heterocycles. The predicted molar refractivity (Wildman–Crippen MR) is 52.1 cm³/mol. The Balaban J connectivity index is 2.22. The van der Waals surface area contributed by atoms with Crippen LogP contribution in [0.25, 0.3) is 0 Å². The number of thiol groups is 1. The Morgan fingerprint density at radius 1 is 1.69 bits per heavy atom. The first kappa shape index (κ1) is 8.61. The van der Waals surface area contributed by atoms with Crippen LogP contribution < -0.4 is 5.53 Å². The summed E-state index contributed by atoms with van der Waals surface area (Å²) in [5, 5.41) is 13.2. The van der Waals surface area contributed by atoms with E-state index >= 15 is 0 Å². The minimum Gasteiger partial charge on any atom is -0.372 e. The summed E-state index contributed by atoms with van der Waals surface area (Å²) in [5.41, 5.74) is 2.91. The third-order valence-electron chi connectivity index (χ3n) is 1.76. The van der Waals surface area contributed by atoms with E-state index in [-0.39, 0.29) is 0 Å². The van der Waals surface area contributed by atoms with Gasteiger partial charge in [0.2, 0.25) is 0 Å². The average Bonchev–Trinajstić information content (AvgIpc) is 2.49. The third kappa shape index (κ3) is 1.43. The van der Waals surface area contributed by atoms with Crippen LogP contribution in [-0.4, -0.2) is 27.6 Å². The van der Waals surface area contributed by atoms with Gasteiger partial charge >= 0.3 is 0 Å². The highest BCUT2D eigenvalue weighted by Crippen LogP contribution is 2.23. The fourth-order valence-corrected chi connectivity index (χ4v) is 1.30. The quantitative estimate of drug-likeness (QED) is 0.520. The van der Waals surface area contributed by atoms with Crippen LogP contribution >= 0.6 is 12.6 Å². The van der Waals surface area contributed by atoms with Crippen LogP contribution in [0.4, 0.5) is 0 Å². The predicted octanol–water partition coefficient (Wildman–Crippen LogP) is 0.0164. The van der Waals surface area contributed by atoms with Gasteiger partial charge in [0, 0.05) is 6.21 Å². The van der Waals surface area contributed by atoms with Crippen LogP contribution in [0, 0.1) is 0 Å². The van der Waals surface area contributed by atoms with Crippen molar-refractivity contribution in [3.8, 4) is 0 Å². The Morgan fingerprint density at radius 2 is 2.46 bits per heavy atom. The fraction of sp³-hybridized carbons (Fsp3) is 0.286. The van der Waals surface area contributed by atoms with Gasteiger partial charge in [-0.2, -0.15) is 0 Å². The van der Waals surface area contributed by atoms with Gasteiger partial charge in [0.15, 0.2) is 5.82 Å². The second kappa shape index (κ2) is 3.06. The first-order chi connectivity index (χ1) is 6.18. The number of aliphatic hydroxyl groups is 1. The molecule has 0 aliphatic carbocycles. The van der Waals surface area contributed by atoms with Gasteiger partial charge in [0.1, 0.15) is 6.23 Å². The molecule has 0 aromatic carbocycles. The number of hydrogen-bond donors (Lipinski definition) is 3. The van der Waals surface area contributed by atoms with Crippen molar-refractivity contribution in [3.63, 3.8) is 0 Å². The maximum atomic E-state index is 9.28. The van der Waals surface area contributed by atoms with Crippen molar-refractivity contribution in [1.82, 2.24) is 15.6 Å². The van der Waals surface area contributed by atoms with Crippen LogP contribution in [0.1, 0.15) is 6.92 Å². The molecule has 0 radical (unpaired) electrons. The van der Waals surface area contributed by atoms with E-state index in [1.165, 1.54) is 0 Å². The minimum atomic E-state index is -0.602. The first-order valence-corrected chi connectivity index (χ1v) is 4.31. The zero-order valence-corrected chi connectivity index (χ0v) is 7.94. The molecule has 13 heavy (non-hydrogen) atoms. The maximum Gasteiger partial charge on any atom is 0.167 e. The van der Waals surface area contributed by atoms with Crippen molar-refractivity contribution < 1.29 is 5.11 Å². The Kier molecular flexibility index (Phi) is 2.03. The molecule has 1 unspecified atom stereocenters. The fourth-order valence-electron chi connectivity index (χ4n) is 1.08. The molecule has 0 amide bonds. The number of rotatable bonds is 1. The highest BCUT2D eigenvalue weighted by Gasteiger charge is 2.25. The molecular weight excluding hydrogens is 188 g/mol. The zero-order chi connectivity index (χ0) is 9.42. The standard InChI is InChI=1S/C7H10N4OS/c1-5(12)10-4-6-8-3-2-7(13)11(6)9-10/h2-5,9,12-13H,1H3. The van der Waals surface area contributed by atoms with Crippen molar-refractivity contribution in [2.45, 2.75) is 13.2 Å². The normalized spacial score (nSPS) is 22.7. The molecule has 0 aromatic heterocycles. The number of hydrazine groups is 2. The molecule has 0 aromatic rings. The van der Waals surface area contributed by atoms with Crippen LogP contribution in [0.5, 0.6) is 0 Å². The van der Waals surface area contributed by atoms with Crippen molar-refractivity contribution in [1.29, 1.82) is 0 Å². The average molecular weight is 198 g/mol. The number of nitrogens with one attached hydrogen (secondary N) is 1. The second-order valence-corrected chi connectivity index (χ2v) is 3.22. The van der Waals surface area contributed by atoms with E-state index in [2.05, 4.69) is 23.2 Å². The number of hydrogen-bond acceptors (Lipinski definition) is 6. The lowest BCUT2D eigenvalue weighted by atomic mass is 10.5. The molecule has 0 saturated heterocycles. The molecule has 1 atom stereocenters. The highest BCUT2D eigenvalue weighted by atomic mass is 32.1. The lowest BCUT2D eigenvalue weighted by Crippen LogP contribution is -2.43. The Bertz CT molecular complexity index is 310. The van der Waals surface area contributed by atoms with Crippen LogP contribution in [0.15, 0.2) is 28.1 Å². The Labute approximate surface area is 81.4 Å². The van der Waals surface area contributed by atoms with E-state index in [0.29, 0.717) is 5.82 Å². The molecular formula is C7H10N4OS. The molecule has 6 heteroatoms. The summed E-state index contributed by atoms with van der Waals surface area (Å²) in [7, 11) is 0. The Hall–Kier alpha value is -0.980. The molecule has 2 N–H and O–H groups in total. The first-order valence-electron chi connectivity index (χ1n) is 3.86. The second-order valence-electron chi connectivity index (χ2n) is 2.76. The van der Waals surface area contributed by atoms with Gasteiger partial charge in [-0.3, -0.25) is 5.01 Å². The van der Waals surface area contributed by atoms with E-state index < -0.39 is 6.23 Å². The van der Waals surface area contributed by atoms with Gasteiger partial charge in [-0.1, -0.05) is 0 Å². The van der Waals surface area contributed by atoms with Crippen LogP contribution in [0.3, 0.4) is 0 Å². The van der Waals surface area contributed by atoms with E-state index in [0.717, 1.165) is 5.03 Å². The van der Waals surface area contributed by atoms with E-state index in [4.69, 9.17) is 0 Å². The molecule has 0 spiro atoms. The van der Waals surface area contributed by atoms with Crippen molar-refractivity contribution in [2.24, 2.45) is 4.99 Å². The summed E-state index contributed by atoms with van der Waals surface area (Å²) < 4.78 is 0. The lowest BCUT2D eigenvalue weighted by molar-refractivity contribution is -0.00535.